The Labute approximate surface area is 143 Å². The van der Waals surface area contributed by atoms with Crippen molar-refractivity contribution < 1.29 is 27.5 Å². The highest BCUT2D eigenvalue weighted by molar-refractivity contribution is 6.01. The molecule has 1 aromatic carbocycles. The van der Waals surface area contributed by atoms with Gasteiger partial charge in [-0.3, -0.25) is 4.79 Å². The minimum atomic E-state index is -4.60. The Morgan fingerprint density at radius 1 is 1.20 bits per heavy atom. The van der Waals surface area contributed by atoms with Crippen LogP contribution >= 0.6 is 0 Å². The molecule has 1 atom stereocenters. The van der Waals surface area contributed by atoms with Crippen molar-refractivity contribution in [2.45, 2.75) is 38.6 Å². The normalized spacial score (nSPS) is 20.4. The van der Waals surface area contributed by atoms with E-state index in [-0.39, 0.29) is 25.2 Å². The largest absolute Gasteiger partial charge is 0.444 e. The molecular weight excluding hydrogens is 337 g/mol. The second-order valence-corrected chi connectivity index (χ2v) is 7.21. The van der Waals surface area contributed by atoms with Crippen LogP contribution in [0, 0.1) is 0 Å². The van der Waals surface area contributed by atoms with Gasteiger partial charge in [0.2, 0.25) is 0 Å². The minimum absolute atomic E-state index is 0.120. The van der Waals surface area contributed by atoms with Gasteiger partial charge in [-0.1, -0.05) is 12.1 Å². The summed E-state index contributed by atoms with van der Waals surface area (Å²) in [5.41, 5.74) is -1.58. The van der Waals surface area contributed by atoms with E-state index < -0.39 is 35.4 Å². The highest BCUT2D eigenvalue weighted by atomic mass is 19.4. The van der Waals surface area contributed by atoms with Crippen LogP contribution in [0.25, 0.3) is 0 Å². The van der Waals surface area contributed by atoms with Gasteiger partial charge in [-0.15, -0.1) is 0 Å². The Morgan fingerprint density at radius 2 is 1.88 bits per heavy atom. The first-order chi connectivity index (χ1) is 11.5. The van der Waals surface area contributed by atoms with Crippen molar-refractivity contribution in [2.75, 3.05) is 19.6 Å². The molecule has 136 valence electrons. The van der Waals surface area contributed by atoms with Crippen LogP contribution in [0.4, 0.5) is 18.0 Å². The Kier molecular flexibility index (Phi) is 3.96. The molecule has 1 saturated heterocycles. The van der Waals surface area contributed by atoms with Crippen molar-refractivity contribution in [2.24, 2.45) is 0 Å². The molecule has 8 heteroatoms. The van der Waals surface area contributed by atoms with Crippen molar-refractivity contribution in [1.29, 1.82) is 0 Å². The molecule has 1 fully saturated rings. The zero-order chi connectivity index (χ0) is 18.6. The lowest BCUT2D eigenvalue weighted by Crippen LogP contribution is -2.50. The summed E-state index contributed by atoms with van der Waals surface area (Å²) in [7, 11) is 0. The molecule has 2 amide bonds. The fraction of sp³-hybridized carbons (Fsp3) is 0.529. The summed E-state index contributed by atoms with van der Waals surface area (Å²) in [5.74, 6) is -0.628. The molecule has 3 rings (SSSR count). The van der Waals surface area contributed by atoms with Crippen molar-refractivity contribution in [3.8, 4) is 0 Å². The van der Waals surface area contributed by atoms with Gasteiger partial charge in [-0.05, 0) is 32.4 Å². The van der Waals surface area contributed by atoms with E-state index >= 15 is 0 Å². The molecule has 0 unspecified atom stereocenters. The maximum atomic E-state index is 13.2. The number of carbonyl (C=O) groups is 2. The SMILES string of the molecule is CC(C)(C)OC(=O)N1CCN2C(=O)c3c(cccc3C(F)(F)F)[C@H]2C1. The highest BCUT2D eigenvalue weighted by Crippen LogP contribution is 2.42. The predicted octanol–water partition coefficient (Wildman–Crippen LogP) is 3.45. The van der Waals surface area contributed by atoms with Crippen LogP contribution in [0.5, 0.6) is 0 Å². The van der Waals surface area contributed by atoms with Gasteiger partial charge in [0.25, 0.3) is 5.91 Å². The molecule has 0 bridgehead atoms. The summed E-state index contributed by atoms with van der Waals surface area (Å²) in [4.78, 5) is 27.6. The maximum Gasteiger partial charge on any atom is 0.417 e. The number of hydrogen-bond donors (Lipinski definition) is 0. The zero-order valence-electron chi connectivity index (χ0n) is 14.2. The molecule has 25 heavy (non-hydrogen) atoms. The molecule has 0 radical (unpaired) electrons. The first-order valence-electron chi connectivity index (χ1n) is 7.98. The highest BCUT2D eigenvalue weighted by Gasteiger charge is 2.47. The molecule has 0 saturated carbocycles. The molecule has 2 heterocycles. The Balaban J connectivity index is 1.91. The van der Waals surface area contributed by atoms with Gasteiger partial charge in [-0.2, -0.15) is 13.2 Å². The number of piperazine rings is 1. The second kappa shape index (κ2) is 5.64. The third-order valence-corrected chi connectivity index (χ3v) is 4.27. The fourth-order valence-electron chi connectivity index (χ4n) is 3.25. The summed E-state index contributed by atoms with van der Waals surface area (Å²) < 4.78 is 45.0. The topological polar surface area (TPSA) is 49.9 Å². The van der Waals surface area contributed by atoms with Crippen molar-refractivity contribution in [3.63, 3.8) is 0 Å². The summed E-state index contributed by atoms with van der Waals surface area (Å²) in [6.45, 7) is 5.75. The van der Waals surface area contributed by atoms with E-state index in [4.69, 9.17) is 4.74 Å². The van der Waals surface area contributed by atoms with E-state index in [1.54, 1.807) is 20.8 Å². The van der Waals surface area contributed by atoms with Gasteiger partial charge in [0.1, 0.15) is 5.60 Å². The average molecular weight is 356 g/mol. The van der Waals surface area contributed by atoms with E-state index in [0.29, 0.717) is 5.56 Å². The molecule has 0 aromatic heterocycles. The summed E-state index contributed by atoms with van der Waals surface area (Å²) in [5, 5.41) is 0. The summed E-state index contributed by atoms with van der Waals surface area (Å²) >= 11 is 0. The van der Waals surface area contributed by atoms with Gasteiger partial charge in [0.05, 0.1) is 17.2 Å². The van der Waals surface area contributed by atoms with Crippen LogP contribution in [-0.2, 0) is 10.9 Å². The van der Waals surface area contributed by atoms with Crippen LogP contribution in [0.1, 0.15) is 48.3 Å². The zero-order valence-corrected chi connectivity index (χ0v) is 14.2. The van der Waals surface area contributed by atoms with Crippen LogP contribution in [0.15, 0.2) is 18.2 Å². The first kappa shape index (κ1) is 17.6. The van der Waals surface area contributed by atoms with Crippen LogP contribution in [0.2, 0.25) is 0 Å². The maximum absolute atomic E-state index is 13.2. The van der Waals surface area contributed by atoms with Crippen molar-refractivity contribution >= 4 is 12.0 Å². The van der Waals surface area contributed by atoms with Gasteiger partial charge in [0.15, 0.2) is 0 Å². The molecule has 0 N–H and O–H groups in total. The van der Waals surface area contributed by atoms with Crippen molar-refractivity contribution in [3.05, 3.63) is 34.9 Å². The van der Waals surface area contributed by atoms with Crippen LogP contribution in [0.3, 0.4) is 0 Å². The third kappa shape index (κ3) is 3.17. The number of carbonyl (C=O) groups excluding carboxylic acids is 2. The van der Waals surface area contributed by atoms with Gasteiger partial charge in [-0.25, -0.2) is 4.79 Å². The molecule has 2 aliphatic heterocycles. The Morgan fingerprint density at radius 3 is 2.48 bits per heavy atom. The van der Waals surface area contributed by atoms with Gasteiger partial charge >= 0.3 is 12.3 Å². The quantitative estimate of drug-likeness (QED) is 0.715. The molecule has 5 nitrogen and oxygen atoms in total. The van der Waals surface area contributed by atoms with Gasteiger partial charge < -0.3 is 14.5 Å². The minimum Gasteiger partial charge on any atom is -0.444 e. The lowest BCUT2D eigenvalue weighted by Gasteiger charge is -2.38. The number of fused-ring (bicyclic) bond motifs is 3. The number of rotatable bonds is 0. The van der Waals surface area contributed by atoms with Crippen LogP contribution in [-0.4, -0.2) is 47.0 Å². The van der Waals surface area contributed by atoms with E-state index in [2.05, 4.69) is 0 Å². The third-order valence-electron chi connectivity index (χ3n) is 4.27. The lowest BCUT2D eigenvalue weighted by molar-refractivity contribution is -0.137. The molecule has 0 spiro atoms. The van der Waals surface area contributed by atoms with E-state index in [9.17, 15) is 22.8 Å². The van der Waals surface area contributed by atoms with E-state index in [1.165, 1.54) is 21.9 Å². The second-order valence-electron chi connectivity index (χ2n) is 7.21. The number of halogens is 3. The predicted molar refractivity (Wildman–Crippen MR) is 83.0 cm³/mol. The number of nitrogens with zero attached hydrogens (tertiary/aromatic N) is 2. The number of amides is 2. The summed E-state index contributed by atoms with van der Waals surface area (Å²) in [6, 6.07) is 3.16. The number of ether oxygens (including phenoxy) is 1. The molecule has 1 aromatic rings. The van der Waals surface area contributed by atoms with E-state index in [1.807, 2.05) is 0 Å². The first-order valence-corrected chi connectivity index (χ1v) is 7.98. The standard InChI is InChI=1S/C17H19F3N2O3/c1-16(2,3)25-15(24)21-7-8-22-12(9-21)10-5-4-6-11(17(18,19)20)13(10)14(22)23/h4-6,12H,7-9H2,1-3H3/t12-/m1/s1. The van der Waals surface area contributed by atoms with Crippen LogP contribution < -0.4 is 0 Å². The van der Waals surface area contributed by atoms with Crippen molar-refractivity contribution in [1.82, 2.24) is 9.80 Å². The summed E-state index contributed by atoms with van der Waals surface area (Å²) in [6.07, 6.45) is -5.12. The van der Waals surface area contributed by atoms with E-state index in [0.717, 1.165) is 6.07 Å². The fourth-order valence-corrected chi connectivity index (χ4v) is 3.25. The smallest absolute Gasteiger partial charge is 0.417 e. The lowest BCUT2D eigenvalue weighted by atomic mass is 9.98. The molecule has 0 aliphatic carbocycles. The average Bonchev–Trinajstić information content (AvgIpc) is 2.77. The molecular formula is C17H19F3N2O3. The number of benzene rings is 1. The monoisotopic (exact) mass is 356 g/mol. The van der Waals surface area contributed by atoms with Gasteiger partial charge in [0, 0.05) is 19.6 Å². The number of alkyl halides is 3. The Hall–Kier alpha value is -2.25. The molecule has 2 aliphatic rings. The Bertz CT molecular complexity index is 725. The number of hydrogen-bond acceptors (Lipinski definition) is 3.